The first-order valence-corrected chi connectivity index (χ1v) is 5.13. The predicted octanol–water partition coefficient (Wildman–Crippen LogP) is 3.75. The standard InChI is InChI=1S/C13H19/c1-5-11-7-8-12(6-2)13(9-11)10(3)4/h7-10H,3,5-6H2,1-2,4H3. The van der Waals surface area contributed by atoms with Gasteiger partial charge < -0.3 is 0 Å². The van der Waals surface area contributed by atoms with Gasteiger partial charge in [-0.25, -0.2) is 0 Å². The third-order valence-electron chi connectivity index (χ3n) is 2.53. The SMILES string of the molecule is [CH2]C(C)c1cc(CC)ccc1CC. The highest BCUT2D eigenvalue weighted by atomic mass is 14.1. The molecule has 1 atom stereocenters. The van der Waals surface area contributed by atoms with E-state index in [1.54, 1.807) is 0 Å². The van der Waals surface area contributed by atoms with Gasteiger partial charge in [-0.05, 0) is 42.4 Å². The number of aryl methyl sites for hydroxylation is 2. The maximum absolute atomic E-state index is 4.09. The molecule has 0 aliphatic heterocycles. The van der Waals surface area contributed by atoms with Crippen LogP contribution in [0.25, 0.3) is 0 Å². The quantitative estimate of drug-likeness (QED) is 0.656. The summed E-state index contributed by atoms with van der Waals surface area (Å²) >= 11 is 0. The minimum Gasteiger partial charge on any atom is -0.0613 e. The fourth-order valence-electron chi connectivity index (χ4n) is 1.65. The number of rotatable bonds is 3. The zero-order chi connectivity index (χ0) is 9.84. The van der Waals surface area contributed by atoms with Crippen molar-refractivity contribution in [1.82, 2.24) is 0 Å². The van der Waals surface area contributed by atoms with Crippen molar-refractivity contribution in [1.29, 1.82) is 0 Å². The van der Waals surface area contributed by atoms with Gasteiger partial charge in [-0.1, -0.05) is 39.0 Å². The Morgan fingerprint density at radius 1 is 1.23 bits per heavy atom. The van der Waals surface area contributed by atoms with E-state index in [0.717, 1.165) is 12.8 Å². The van der Waals surface area contributed by atoms with Crippen molar-refractivity contribution >= 4 is 0 Å². The van der Waals surface area contributed by atoms with Gasteiger partial charge in [-0.15, -0.1) is 0 Å². The van der Waals surface area contributed by atoms with Crippen LogP contribution < -0.4 is 0 Å². The topological polar surface area (TPSA) is 0 Å². The monoisotopic (exact) mass is 175 g/mol. The summed E-state index contributed by atoms with van der Waals surface area (Å²) in [5, 5.41) is 0. The van der Waals surface area contributed by atoms with E-state index in [2.05, 4.69) is 45.9 Å². The molecular formula is C13H19. The maximum Gasteiger partial charge on any atom is -0.0187 e. The Morgan fingerprint density at radius 2 is 1.92 bits per heavy atom. The molecule has 0 saturated heterocycles. The summed E-state index contributed by atoms with van der Waals surface area (Å²) in [6, 6.07) is 6.77. The second-order valence-corrected chi connectivity index (χ2v) is 3.64. The molecule has 0 heterocycles. The summed E-state index contributed by atoms with van der Waals surface area (Å²) in [6.07, 6.45) is 2.23. The Labute approximate surface area is 82.0 Å². The lowest BCUT2D eigenvalue weighted by Crippen LogP contribution is -1.96. The van der Waals surface area contributed by atoms with Gasteiger partial charge in [-0.3, -0.25) is 0 Å². The van der Waals surface area contributed by atoms with Crippen molar-refractivity contribution in [2.45, 2.75) is 39.5 Å². The van der Waals surface area contributed by atoms with Crippen LogP contribution in [0.15, 0.2) is 18.2 Å². The Morgan fingerprint density at radius 3 is 2.38 bits per heavy atom. The third kappa shape index (κ3) is 2.33. The Bertz CT molecular complexity index is 271. The fraction of sp³-hybridized carbons (Fsp3) is 0.462. The summed E-state index contributed by atoms with van der Waals surface area (Å²) in [4.78, 5) is 0. The van der Waals surface area contributed by atoms with E-state index in [1.165, 1.54) is 16.7 Å². The van der Waals surface area contributed by atoms with Gasteiger partial charge in [0, 0.05) is 0 Å². The van der Waals surface area contributed by atoms with Crippen LogP contribution in [0, 0.1) is 6.92 Å². The molecule has 0 spiro atoms. The molecule has 0 heteroatoms. The summed E-state index contributed by atoms with van der Waals surface area (Å²) in [6.45, 7) is 10.6. The molecule has 0 fully saturated rings. The zero-order valence-corrected chi connectivity index (χ0v) is 8.93. The average Bonchev–Trinajstić information content (AvgIpc) is 2.16. The molecule has 1 rings (SSSR count). The van der Waals surface area contributed by atoms with Crippen LogP contribution in [0.1, 0.15) is 43.4 Å². The lowest BCUT2D eigenvalue weighted by molar-refractivity contribution is 0.917. The molecule has 1 radical (unpaired) electrons. The highest BCUT2D eigenvalue weighted by Crippen LogP contribution is 2.21. The van der Waals surface area contributed by atoms with Crippen molar-refractivity contribution in [3.63, 3.8) is 0 Å². The average molecular weight is 175 g/mol. The van der Waals surface area contributed by atoms with E-state index in [0.29, 0.717) is 5.92 Å². The molecule has 71 valence electrons. The normalized spacial score (nSPS) is 10.8. The molecule has 0 nitrogen and oxygen atoms in total. The second-order valence-electron chi connectivity index (χ2n) is 3.64. The van der Waals surface area contributed by atoms with E-state index >= 15 is 0 Å². The van der Waals surface area contributed by atoms with Crippen LogP contribution in [-0.2, 0) is 12.8 Å². The van der Waals surface area contributed by atoms with Crippen LogP contribution in [0.4, 0.5) is 0 Å². The van der Waals surface area contributed by atoms with Gasteiger partial charge in [0.05, 0.1) is 0 Å². The van der Waals surface area contributed by atoms with Crippen molar-refractivity contribution in [2.75, 3.05) is 0 Å². The Kier molecular flexibility index (Phi) is 3.53. The van der Waals surface area contributed by atoms with Gasteiger partial charge in [0.2, 0.25) is 0 Å². The van der Waals surface area contributed by atoms with Crippen LogP contribution in [0.2, 0.25) is 0 Å². The first kappa shape index (κ1) is 10.3. The molecule has 0 aliphatic carbocycles. The van der Waals surface area contributed by atoms with E-state index < -0.39 is 0 Å². The Balaban J connectivity index is 3.10. The molecule has 1 aromatic carbocycles. The van der Waals surface area contributed by atoms with E-state index in [9.17, 15) is 0 Å². The molecule has 0 aromatic heterocycles. The number of hydrogen-bond donors (Lipinski definition) is 0. The minimum absolute atomic E-state index is 0.404. The van der Waals surface area contributed by atoms with E-state index in [-0.39, 0.29) is 0 Å². The molecule has 0 N–H and O–H groups in total. The zero-order valence-electron chi connectivity index (χ0n) is 8.93. The minimum atomic E-state index is 0.404. The molecule has 0 bridgehead atoms. The van der Waals surface area contributed by atoms with E-state index in [4.69, 9.17) is 0 Å². The highest BCUT2D eigenvalue weighted by Gasteiger charge is 2.05. The molecular weight excluding hydrogens is 156 g/mol. The van der Waals surface area contributed by atoms with Crippen molar-refractivity contribution in [3.8, 4) is 0 Å². The highest BCUT2D eigenvalue weighted by molar-refractivity contribution is 5.35. The van der Waals surface area contributed by atoms with Crippen LogP contribution in [0.3, 0.4) is 0 Å². The fourth-order valence-corrected chi connectivity index (χ4v) is 1.65. The number of benzene rings is 1. The molecule has 0 amide bonds. The number of hydrogen-bond acceptors (Lipinski definition) is 0. The van der Waals surface area contributed by atoms with Gasteiger partial charge in [-0.2, -0.15) is 0 Å². The van der Waals surface area contributed by atoms with Gasteiger partial charge in [0.25, 0.3) is 0 Å². The largest absolute Gasteiger partial charge is 0.0613 e. The van der Waals surface area contributed by atoms with Gasteiger partial charge in [0.15, 0.2) is 0 Å². The lowest BCUT2D eigenvalue weighted by Gasteiger charge is -2.12. The second kappa shape index (κ2) is 4.45. The smallest absolute Gasteiger partial charge is 0.0187 e. The summed E-state index contributed by atoms with van der Waals surface area (Å²) < 4.78 is 0. The van der Waals surface area contributed by atoms with E-state index in [1.807, 2.05) is 0 Å². The summed E-state index contributed by atoms with van der Waals surface area (Å²) in [7, 11) is 0. The van der Waals surface area contributed by atoms with Crippen LogP contribution in [0.5, 0.6) is 0 Å². The van der Waals surface area contributed by atoms with Crippen molar-refractivity contribution in [3.05, 3.63) is 41.8 Å². The van der Waals surface area contributed by atoms with Crippen LogP contribution in [-0.4, -0.2) is 0 Å². The van der Waals surface area contributed by atoms with Gasteiger partial charge >= 0.3 is 0 Å². The lowest BCUT2D eigenvalue weighted by atomic mass is 9.93. The first-order chi connectivity index (χ1) is 6.19. The van der Waals surface area contributed by atoms with Gasteiger partial charge in [0.1, 0.15) is 0 Å². The van der Waals surface area contributed by atoms with Crippen LogP contribution >= 0.6 is 0 Å². The third-order valence-corrected chi connectivity index (χ3v) is 2.53. The summed E-state index contributed by atoms with van der Waals surface area (Å²) in [5.74, 6) is 0.404. The molecule has 13 heavy (non-hydrogen) atoms. The maximum atomic E-state index is 4.09. The predicted molar refractivity (Wildman–Crippen MR) is 59.0 cm³/mol. The summed E-state index contributed by atoms with van der Waals surface area (Å²) in [5.41, 5.74) is 4.28. The van der Waals surface area contributed by atoms with Crippen molar-refractivity contribution < 1.29 is 0 Å². The molecule has 1 aromatic rings. The molecule has 0 aliphatic rings. The Hall–Kier alpha value is -0.780. The first-order valence-electron chi connectivity index (χ1n) is 5.13. The molecule has 0 saturated carbocycles. The molecule has 1 unspecified atom stereocenters. The van der Waals surface area contributed by atoms with Crippen molar-refractivity contribution in [2.24, 2.45) is 0 Å².